The van der Waals surface area contributed by atoms with Crippen molar-refractivity contribution < 1.29 is 38.6 Å². The average Bonchev–Trinajstić information content (AvgIpc) is 3.37. The first-order valence-electron chi connectivity index (χ1n) is 8.22. The first-order chi connectivity index (χ1) is 11.2. The van der Waals surface area contributed by atoms with Crippen molar-refractivity contribution in [1.29, 1.82) is 0 Å². The molecule has 5 unspecified atom stereocenters. The van der Waals surface area contributed by atoms with Crippen molar-refractivity contribution >= 4 is 0 Å². The molecule has 8 heteroatoms. The molecule has 0 radical (unpaired) electrons. The molecule has 5 atom stereocenters. The molecule has 8 nitrogen and oxygen atoms in total. The summed E-state index contributed by atoms with van der Waals surface area (Å²) in [5, 5.41) is 20.1. The SMILES string of the molecule is OC(CCC(O)C(OCC1CO1)OCC1CO1)COCC1CO1. The number of rotatable bonds is 14. The van der Waals surface area contributed by atoms with E-state index in [2.05, 4.69) is 0 Å². The Labute approximate surface area is 135 Å². The lowest BCUT2D eigenvalue weighted by atomic mass is 10.1. The van der Waals surface area contributed by atoms with Crippen LogP contribution in [0, 0.1) is 0 Å². The lowest BCUT2D eigenvalue weighted by Crippen LogP contribution is -2.35. The van der Waals surface area contributed by atoms with Crippen molar-refractivity contribution in [3.05, 3.63) is 0 Å². The monoisotopic (exact) mass is 334 g/mol. The maximum Gasteiger partial charge on any atom is 0.183 e. The Bertz CT molecular complexity index is 326. The highest BCUT2D eigenvalue weighted by atomic mass is 16.7. The lowest BCUT2D eigenvalue weighted by molar-refractivity contribution is -0.200. The van der Waals surface area contributed by atoms with E-state index in [1.54, 1.807) is 0 Å². The smallest absolute Gasteiger partial charge is 0.183 e. The van der Waals surface area contributed by atoms with Crippen molar-refractivity contribution in [3.8, 4) is 0 Å². The number of hydrogen-bond acceptors (Lipinski definition) is 8. The molecule has 0 aliphatic carbocycles. The van der Waals surface area contributed by atoms with E-state index in [-0.39, 0.29) is 24.9 Å². The van der Waals surface area contributed by atoms with Gasteiger partial charge in [-0.2, -0.15) is 0 Å². The summed E-state index contributed by atoms with van der Waals surface area (Å²) in [7, 11) is 0. The molecule has 0 saturated carbocycles. The summed E-state index contributed by atoms with van der Waals surface area (Å²) >= 11 is 0. The van der Waals surface area contributed by atoms with Gasteiger partial charge >= 0.3 is 0 Å². The van der Waals surface area contributed by atoms with Gasteiger partial charge in [-0.1, -0.05) is 0 Å². The Morgan fingerprint density at radius 2 is 1.35 bits per heavy atom. The Hall–Kier alpha value is -0.320. The highest BCUT2D eigenvalue weighted by Crippen LogP contribution is 2.17. The van der Waals surface area contributed by atoms with Gasteiger partial charge in [0.1, 0.15) is 24.4 Å². The molecule has 23 heavy (non-hydrogen) atoms. The second kappa shape index (κ2) is 8.68. The van der Waals surface area contributed by atoms with Crippen LogP contribution in [0.25, 0.3) is 0 Å². The Morgan fingerprint density at radius 1 is 0.826 bits per heavy atom. The zero-order valence-corrected chi connectivity index (χ0v) is 13.2. The predicted molar refractivity (Wildman–Crippen MR) is 77.0 cm³/mol. The third kappa shape index (κ3) is 7.40. The van der Waals surface area contributed by atoms with Gasteiger partial charge in [-0.05, 0) is 12.8 Å². The Balaban J connectivity index is 1.30. The number of epoxide rings is 3. The molecular formula is C15H26O8. The molecule has 3 fully saturated rings. The normalized spacial score (nSPS) is 32.3. The molecule has 2 N–H and O–H groups in total. The topological polar surface area (TPSA) is 106 Å². The largest absolute Gasteiger partial charge is 0.391 e. The van der Waals surface area contributed by atoms with Crippen LogP contribution in [0.4, 0.5) is 0 Å². The molecule has 0 aromatic heterocycles. The van der Waals surface area contributed by atoms with Crippen LogP contribution >= 0.6 is 0 Å². The molecule has 0 aromatic carbocycles. The number of ether oxygens (including phenoxy) is 6. The fraction of sp³-hybridized carbons (Fsp3) is 1.00. The van der Waals surface area contributed by atoms with Gasteiger partial charge in [-0.25, -0.2) is 0 Å². The number of aliphatic hydroxyl groups excluding tert-OH is 2. The van der Waals surface area contributed by atoms with E-state index in [1.807, 2.05) is 0 Å². The third-order valence-corrected chi connectivity index (χ3v) is 3.82. The van der Waals surface area contributed by atoms with E-state index in [4.69, 9.17) is 28.4 Å². The van der Waals surface area contributed by atoms with E-state index in [9.17, 15) is 10.2 Å². The van der Waals surface area contributed by atoms with Gasteiger partial charge < -0.3 is 38.6 Å². The summed E-state index contributed by atoms with van der Waals surface area (Å²) in [6.45, 7) is 3.67. The first kappa shape index (κ1) is 17.5. The van der Waals surface area contributed by atoms with Gasteiger partial charge in [0.15, 0.2) is 6.29 Å². The minimum atomic E-state index is -0.811. The standard InChI is InChI=1S/C15H26O8/c16-10(3-18-4-11-5-19-11)1-2-14(17)15(22-8-12-6-20-12)23-9-13-7-21-13/h10-17H,1-9H2. The van der Waals surface area contributed by atoms with Gasteiger partial charge in [0, 0.05) is 0 Å². The summed E-state index contributed by atoms with van der Waals surface area (Å²) in [5.41, 5.74) is 0. The molecule has 3 heterocycles. The molecule has 3 rings (SSSR count). The molecule has 0 bridgehead atoms. The average molecular weight is 334 g/mol. The second-order valence-corrected chi connectivity index (χ2v) is 6.24. The lowest BCUT2D eigenvalue weighted by Gasteiger charge is -2.24. The summed E-state index contributed by atoms with van der Waals surface area (Å²) in [6.07, 6.45) is -0.980. The van der Waals surface area contributed by atoms with Crippen molar-refractivity contribution in [2.24, 2.45) is 0 Å². The van der Waals surface area contributed by atoms with Crippen molar-refractivity contribution in [2.75, 3.05) is 46.2 Å². The van der Waals surface area contributed by atoms with Crippen LogP contribution in [0.5, 0.6) is 0 Å². The Morgan fingerprint density at radius 3 is 1.87 bits per heavy atom. The molecule has 0 amide bonds. The van der Waals surface area contributed by atoms with Crippen molar-refractivity contribution in [2.45, 2.75) is 49.7 Å². The van der Waals surface area contributed by atoms with E-state index in [1.165, 1.54) is 0 Å². The van der Waals surface area contributed by atoms with Crippen LogP contribution in [0.3, 0.4) is 0 Å². The fourth-order valence-electron chi connectivity index (χ4n) is 2.09. The van der Waals surface area contributed by atoms with Gasteiger partial charge in [0.25, 0.3) is 0 Å². The maximum absolute atomic E-state index is 10.2. The molecular weight excluding hydrogens is 308 g/mol. The van der Waals surface area contributed by atoms with Gasteiger partial charge in [0.05, 0.1) is 52.4 Å². The fourth-order valence-corrected chi connectivity index (χ4v) is 2.09. The van der Waals surface area contributed by atoms with Crippen LogP contribution in [0.1, 0.15) is 12.8 Å². The van der Waals surface area contributed by atoms with Crippen LogP contribution < -0.4 is 0 Å². The zero-order valence-electron chi connectivity index (χ0n) is 13.2. The number of aliphatic hydroxyl groups is 2. The second-order valence-electron chi connectivity index (χ2n) is 6.24. The summed E-state index contributed by atoms with van der Waals surface area (Å²) in [6, 6.07) is 0. The quantitative estimate of drug-likeness (QED) is 0.310. The minimum Gasteiger partial charge on any atom is -0.391 e. The van der Waals surface area contributed by atoms with Crippen molar-refractivity contribution in [3.63, 3.8) is 0 Å². The zero-order chi connectivity index (χ0) is 16.1. The molecule has 3 aliphatic rings. The van der Waals surface area contributed by atoms with Gasteiger partial charge in [0.2, 0.25) is 0 Å². The molecule has 3 aliphatic heterocycles. The van der Waals surface area contributed by atoms with E-state index >= 15 is 0 Å². The van der Waals surface area contributed by atoms with Gasteiger partial charge in [-0.15, -0.1) is 0 Å². The molecule has 0 aromatic rings. The first-order valence-corrected chi connectivity index (χ1v) is 8.22. The van der Waals surface area contributed by atoms with Crippen LogP contribution in [0.15, 0.2) is 0 Å². The molecule has 3 saturated heterocycles. The highest BCUT2D eigenvalue weighted by Gasteiger charge is 2.31. The van der Waals surface area contributed by atoms with Crippen LogP contribution in [-0.2, 0) is 28.4 Å². The minimum absolute atomic E-state index is 0.106. The molecule has 134 valence electrons. The van der Waals surface area contributed by atoms with E-state index in [0.717, 1.165) is 6.61 Å². The maximum atomic E-state index is 10.2. The van der Waals surface area contributed by atoms with E-state index < -0.39 is 18.5 Å². The summed E-state index contributed by atoms with van der Waals surface area (Å²) < 4.78 is 31.7. The van der Waals surface area contributed by atoms with Crippen LogP contribution in [-0.4, -0.2) is 93.3 Å². The van der Waals surface area contributed by atoms with E-state index in [0.29, 0.717) is 45.9 Å². The summed E-state index contributed by atoms with van der Waals surface area (Å²) in [5.74, 6) is 0. The Kier molecular flexibility index (Phi) is 6.61. The number of hydrogen-bond donors (Lipinski definition) is 2. The summed E-state index contributed by atoms with van der Waals surface area (Å²) in [4.78, 5) is 0. The third-order valence-electron chi connectivity index (χ3n) is 3.82. The van der Waals surface area contributed by atoms with Crippen molar-refractivity contribution in [1.82, 2.24) is 0 Å². The van der Waals surface area contributed by atoms with Gasteiger partial charge in [-0.3, -0.25) is 0 Å². The molecule has 0 spiro atoms. The highest BCUT2D eigenvalue weighted by molar-refractivity contribution is 4.73. The predicted octanol–water partition coefficient (Wildman–Crippen LogP) is -0.939. The van der Waals surface area contributed by atoms with Crippen LogP contribution in [0.2, 0.25) is 0 Å².